The molecule has 0 aromatic rings. The van der Waals surface area contributed by atoms with E-state index in [1.54, 1.807) is 63.2 Å². The van der Waals surface area contributed by atoms with Gasteiger partial charge in [-0.3, -0.25) is 0 Å². The van der Waals surface area contributed by atoms with Gasteiger partial charge in [-0.15, -0.1) is 0 Å². The molecule has 0 aromatic carbocycles. The van der Waals surface area contributed by atoms with E-state index in [-0.39, 0.29) is 0 Å². The second-order valence-electron chi connectivity index (χ2n) is 13.6. The van der Waals surface area contributed by atoms with Gasteiger partial charge in [0.15, 0.2) is 0 Å². The third-order valence-electron chi connectivity index (χ3n) is 17.6. The fraction of sp³-hybridized carbons (Fsp3) is 1.00. The molecule has 1 spiro atoms. The molecule has 10 aliphatic rings. The van der Waals surface area contributed by atoms with Crippen LogP contribution in [0.15, 0.2) is 0 Å². The SMILES string of the molecule is CCCP(CCC)[C]12[CH]3[CH]4[CH]5[C]1(P(CCC)CCC)[Fe]43521678[CH]2[CH]1[CH]6[CH]7[CH]28. The fourth-order valence-corrected chi connectivity index (χ4v) is 130. The summed E-state index contributed by atoms with van der Waals surface area (Å²) in [6, 6.07) is 0. The number of fused-ring (bicyclic) bond motifs is 10. The Bertz CT molecular complexity index is 1020. The Kier molecular flexibility index (Phi) is 0.882. The van der Waals surface area contributed by atoms with Crippen LogP contribution in [-0.4, -0.2) is 32.8 Å². The summed E-state index contributed by atoms with van der Waals surface area (Å²) < 4.78 is 2.45. The first-order valence-corrected chi connectivity index (χ1v) is 21.3. The molecule has 0 bridgehead atoms. The first kappa shape index (κ1) is 13.6. The van der Waals surface area contributed by atoms with E-state index in [0.29, 0.717) is 15.8 Å². The normalized spacial score (nSPS) is 88.4. The molecule has 4 unspecified atom stereocenters. The van der Waals surface area contributed by atoms with Gasteiger partial charge in [0, 0.05) is 0 Å². The molecule has 4 atom stereocenters. The maximum absolute atomic E-state index is 3.09. The summed E-state index contributed by atoms with van der Waals surface area (Å²) in [5.41, 5.74) is 0. The van der Waals surface area contributed by atoms with Gasteiger partial charge < -0.3 is 0 Å². The Morgan fingerprint density at radius 3 is 1.08 bits per heavy atom. The molecule has 10 aliphatic heterocycles. The summed E-state index contributed by atoms with van der Waals surface area (Å²) in [7, 11) is 0.871. The van der Waals surface area contributed by atoms with Gasteiger partial charge in [0.2, 0.25) is 0 Å². The zero-order chi connectivity index (χ0) is 16.7. The van der Waals surface area contributed by atoms with Gasteiger partial charge in [-0.05, 0) is 0 Å². The molecule has 0 N–H and O–H groups in total. The number of hydrogen-bond donors (Lipinski definition) is 0. The monoisotopic (exact) mass is 418 g/mol. The van der Waals surface area contributed by atoms with Gasteiger partial charge >= 0.3 is 147 Å². The van der Waals surface area contributed by atoms with E-state index in [2.05, 4.69) is 27.7 Å². The quantitative estimate of drug-likeness (QED) is 0.251. The van der Waals surface area contributed by atoms with E-state index >= 15 is 0 Å². The Morgan fingerprint density at radius 1 is 0.560 bits per heavy atom. The van der Waals surface area contributed by atoms with Crippen LogP contribution in [0.2, 0.25) is 38.5 Å². The van der Waals surface area contributed by atoms with Crippen LogP contribution in [0.1, 0.15) is 53.4 Å². The van der Waals surface area contributed by atoms with Crippen LogP contribution in [0, 0.1) is 0 Å². The molecule has 10 rings (SSSR count). The summed E-state index contributed by atoms with van der Waals surface area (Å²) in [5, 5.41) is 0. The van der Waals surface area contributed by atoms with Gasteiger partial charge in [0.25, 0.3) is 0 Å². The predicted octanol–water partition coefficient (Wildman–Crippen LogP) is 7.79. The third kappa shape index (κ3) is 0.218. The molecular formula is C22H36FeP2. The van der Waals surface area contributed by atoms with Crippen molar-refractivity contribution in [1.82, 2.24) is 0 Å². The van der Waals surface area contributed by atoms with Crippen LogP contribution < -0.4 is 0 Å². The van der Waals surface area contributed by atoms with E-state index in [0.717, 1.165) is 0 Å². The molecule has 10 fully saturated rings. The minimum atomic E-state index is -3.09. The number of rotatable bonds is 10. The Labute approximate surface area is 146 Å². The molecule has 25 heavy (non-hydrogen) atoms. The van der Waals surface area contributed by atoms with Crippen molar-refractivity contribution in [3.8, 4) is 0 Å². The second kappa shape index (κ2) is 1.62. The molecule has 10 heterocycles. The van der Waals surface area contributed by atoms with Gasteiger partial charge in [-0.1, -0.05) is 0 Å². The van der Waals surface area contributed by atoms with Gasteiger partial charge in [0.1, 0.15) is 0 Å². The van der Waals surface area contributed by atoms with Crippen molar-refractivity contribution in [2.45, 2.75) is 100 Å². The van der Waals surface area contributed by atoms with Crippen molar-refractivity contribution in [3.05, 3.63) is 0 Å². The zero-order valence-electron chi connectivity index (χ0n) is 16.5. The zero-order valence-corrected chi connectivity index (χ0v) is 19.4. The predicted molar refractivity (Wildman–Crippen MR) is 110 cm³/mol. The molecule has 142 valence electrons. The van der Waals surface area contributed by atoms with Crippen molar-refractivity contribution in [1.29, 1.82) is 0 Å². The average molecular weight is 418 g/mol. The van der Waals surface area contributed by atoms with E-state index in [9.17, 15) is 0 Å². The molecule has 0 aromatic heterocycles. The summed E-state index contributed by atoms with van der Waals surface area (Å²) >= 11 is 0. The third-order valence-corrected chi connectivity index (χ3v) is 76.3. The summed E-state index contributed by atoms with van der Waals surface area (Å²) in [5.74, 6) is 0. The molecule has 10 saturated heterocycles. The summed E-state index contributed by atoms with van der Waals surface area (Å²) in [6.07, 6.45) is 12.9. The minimum absolute atomic E-state index is 0.435. The van der Waals surface area contributed by atoms with Crippen LogP contribution >= 0.6 is 15.8 Å². The van der Waals surface area contributed by atoms with Crippen LogP contribution in [0.25, 0.3) is 0 Å². The standard InChI is InChI=1S/C17H31P2.C5H5.Fe/c1-5-12-18(13-6-2)16-10-9-11-17(16)19(14-7-3)15-8-4;1-2-4-5-3-1;/h9-11H,5-8,12-15H2,1-4H3;1-5H;. The van der Waals surface area contributed by atoms with Gasteiger partial charge in [0.05, 0.1) is 0 Å². The van der Waals surface area contributed by atoms with Crippen LogP contribution in [-0.2, 0) is 6.51 Å². The first-order valence-electron chi connectivity index (χ1n) is 11.7. The average Bonchev–Trinajstić information content (AvgIpc) is 3.54. The van der Waals surface area contributed by atoms with E-state index in [4.69, 9.17) is 0 Å². The topological polar surface area (TPSA) is 0 Å². The second-order valence-corrected chi connectivity index (χ2v) is 43.0. The van der Waals surface area contributed by atoms with E-state index < -0.39 is 6.51 Å². The number of hydrogen-bond acceptors (Lipinski definition) is 0. The molecule has 3 heteroatoms. The van der Waals surface area contributed by atoms with Crippen LogP contribution in [0.5, 0.6) is 0 Å². The Balaban J connectivity index is 1.32. The van der Waals surface area contributed by atoms with Crippen molar-refractivity contribution >= 4 is 15.8 Å². The molecule has 0 aliphatic carbocycles. The van der Waals surface area contributed by atoms with Gasteiger partial charge in [-0.2, -0.15) is 0 Å². The van der Waals surface area contributed by atoms with E-state index in [1.807, 2.05) is 0 Å². The van der Waals surface area contributed by atoms with Crippen LogP contribution in [0.4, 0.5) is 0 Å². The first-order chi connectivity index (χ1) is 12.0. The summed E-state index contributed by atoms with van der Waals surface area (Å²) in [6.45, 7) is 7.03. The van der Waals surface area contributed by atoms with Crippen molar-refractivity contribution in [2.24, 2.45) is 0 Å². The molecule has 0 amide bonds. The van der Waals surface area contributed by atoms with Crippen molar-refractivity contribution in [3.63, 3.8) is 0 Å². The van der Waals surface area contributed by atoms with Crippen LogP contribution in [0.3, 0.4) is 0 Å². The molecular weight excluding hydrogens is 382 g/mol. The Hall–Kier alpha value is 1.38. The van der Waals surface area contributed by atoms with Crippen molar-refractivity contribution < 1.29 is 6.51 Å². The molecule has 0 radical (unpaired) electrons. The van der Waals surface area contributed by atoms with Crippen molar-refractivity contribution in [2.75, 3.05) is 24.6 Å². The molecule has 0 saturated carbocycles. The fourth-order valence-electron chi connectivity index (χ4n) is 20.1. The van der Waals surface area contributed by atoms with E-state index in [1.165, 1.54) is 33.8 Å². The summed E-state index contributed by atoms with van der Waals surface area (Å²) in [4.78, 5) is 12.3. The molecule has 0 nitrogen and oxygen atoms in total. The van der Waals surface area contributed by atoms with Gasteiger partial charge in [-0.25, -0.2) is 0 Å². The Morgan fingerprint density at radius 2 is 0.880 bits per heavy atom. The maximum atomic E-state index is 2.53.